The van der Waals surface area contributed by atoms with Crippen LogP contribution in [0.2, 0.25) is 0 Å². The molecule has 0 fully saturated rings. The quantitative estimate of drug-likeness (QED) is 0.152. The molecule has 0 N–H and O–H groups in total. The molecule has 6 heterocycles. The summed E-state index contributed by atoms with van der Waals surface area (Å²) >= 11 is 0. The molecule has 22 aromatic rings. The Labute approximate surface area is 561 Å². The van der Waals surface area contributed by atoms with Gasteiger partial charge >= 0.3 is 0 Å². The summed E-state index contributed by atoms with van der Waals surface area (Å²) in [4.78, 5) is 0. The lowest BCUT2D eigenvalue weighted by molar-refractivity contribution is 1.13. The Morgan fingerprint density at radius 1 is 0.143 bits per heavy atom. The average molecular weight is 1250 g/mol. The monoisotopic (exact) mass is 1240 g/mol. The zero-order valence-electron chi connectivity index (χ0n) is 53.0. The Balaban J connectivity index is 0.735. The minimum Gasteiger partial charge on any atom is -0.309 e. The van der Waals surface area contributed by atoms with E-state index in [2.05, 4.69) is 367 Å². The second-order valence-corrected chi connectivity index (χ2v) is 26.4. The highest BCUT2D eigenvalue weighted by Gasteiger charge is 2.26. The van der Waals surface area contributed by atoms with Gasteiger partial charge in [0.1, 0.15) is 0 Å². The SMILES string of the molecule is c1ccc(-n2c3ccccc3c3cc4c(cc32)c2cc3ccccc3cc2n4-c2cccc(-n3c4ccccc4c4ccc(-c5ccc6c(ccc7c6c6ccc8c9ccccc9n(-c9ccccc9)c8c6n7-c6cccc(-n7c8ccccc8c8ccccc87)c6)c5)cc43)c2)cc1. The van der Waals surface area contributed by atoms with Crippen molar-refractivity contribution in [2.75, 3.05) is 0 Å². The normalized spacial score (nSPS) is 12.3. The zero-order chi connectivity index (χ0) is 63.8. The molecule has 98 heavy (non-hydrogen) atoms. The molecule has 0 bridgehead atoms. The lowest BCUT2D eigenvalue weighted by Crippen LogP contribution is -2.00. The topological polar surface area (TPSA) is 29.6 Å². The number of aromatic nitrogens is 6. The third kappa shape index (κ3) is 7.45. The average Bonchev–Trinajstić information content (AvgIpc) is 1.55. The largest absolute Gasteiger partial charge is 0.309 e. The summed E-state index contributed by atoms with van der Waals surface area (Å²) in [5.74, 6) is 0. The molecular formula is C92H56N6. The molecule has 0 amide bonds. The summed E-state index contributed by atoms with van der Waals surface area (Å²) < 4.78 is 14.9. The summed E-state index contributed by atoms with van der Waals surface area (Å²) in [7, 11) is 0. The number of fused-ring (bicyclic) bond motifs is 22. The maximum Gasteiger partial charge on any atom is 0.0789 e. The van der Waals surface area contributed by atoms with Crippen molar-refractivity contribution in [1.29, 1.82) is 0 Å². The van der Waals surface area contributed by atoms with Crippen LogP contribution in [-0.4, -0.2) is 27.4 Å². The van der Waals surface area contributed by atoms with Gasteiger partial charge in [-0.1, -0.05) is 206 Å². The molecule has 6 nitrogen and oxygen atoms in total. The van der Waals surface area contributed by atoms with Crippen LogP contribution in [-0.2, 0) is 0 Å². The fourth-order valence-electron chi connectivity index (χ4n) is 17.1. The van der Waals surface area contributed by atoms with Gasteiger partial charge in [0.25, 0.3) is 0 Å². The van der Waals surface area contributed by atoms with Gasteiger partial charge in [-0.2, -0.15) is 0 Å². The first-order valence-corrected chi connectivity index (χ1v) is 33.8. The van der Waals surface area contributed by atoms with Crippen LogP contribution >= 0.6 is 0 Å². The van der Waals surface area contributed by atoms with E-state index < -0.39 is 0 Å². The highest BCUT2D eigenvalue weighted by Crippen LogP contribution is 2.47. The molecule has 16 aromatic carbocycles. The number of para-hydroxylation sites is 7. The molecule has 0 spiro atoms. The fraction of sp³-hybridized carbons (Fsp3) is 0. The molecule has 454 valence electrons. The van der Waals surface area contributed by atoms with Gasteiger partial charge in [0.15, 0.2) is 0 Å². The Morgan fingerprint density at radius 3 is 1.08 bits per heavy atom. The van der Waals surface area contributed by atoms with Gasteiger partial charge in [0.2, 0.25) is 0 Å². The molecule has 0 atom stereocenters. The van der Waals surface area contributed by atoms with Crippen LogP contribution < -0.4 is 0 Å². The number of hydrogen-bond acceptors (Lipinski definition) is 0. The second-order valence-electron chi connectivity index (χ2n) is 26.4. The van der Waals surface area contributed by atoms with E-state index in [0.29, 0.717) is 0 Å². The third-order valence-electron chi connectivity index (χ3n) is 21.3. The van der Waals surface area contributed by atoms with Gasteiger partial charge in [-0.3, -0.25) is 0 Å². The minimum absolute atomic E-state index is 1.10. The van der Waals surface area contributed by atoms with Crippen LogP contribution in [0.25, 0.3) is 198 Å². The Hall–Kier alpha value is -13.2. The lowest BCUT2D eigenvalue weighted by atomic mass is 9.97. The predicted octanol–water partition coefficient (Wildman–Crippen LogP) is 24.2. The van der Waals surface area contributed by atoms with Crippen LogP contribution in [0.3, 0.4) is 0 Å². The Bertz CT molecular complexity index is 7110. The molecule has 6 aromatic heterocycles. The van der Waals surface area contributed by atoms with Crippen LogP contribution in [0.4, 0.5) is 0 Å². The zero-order valence-corrected chi connectivity index (χ0v) is 53.0. The fourth-order valence-corrected chi connectivity index (χ4v) is 17.1. The Kier molecular flexibility index (Phi) is 11.0. The van der Waals surface area contributed by atoms with E-state index >= 15 is 0 Å². The first-order valence-electron chi connectivity index (χ1n) is 33.8. The number of rotatable bonds is 7. The summed E-state index contributed by atoms with van der Waals surface area (Å²) in [5, 5.41) is 19.6. The van der Waals surface area contributed by atoms with Gasteiger partial charge in [-0.05, 0) is 166 Å². The molecule has 22 rings (SSSR count). The smallest absolute Gasteiger partial charge is 0.0789 e. The van der Waals surface area contributed by atoms with Crippen molar-refractivity contribution in [3.63, 3.8) is 0 Å². The predicted molar refractivity (Wildman–Crippen MR) is 413 cm³/mol. The van der Waals surface area contributed by atoms with Crippen molar-refractivity contribution in [1.82, 2.24) is 27.4 Å². The first-order chi connectivity index (χ1) is 48.6. The highest BCUT2D eigenvalue weighted by atomic mass is 15.1. The summed E-state index contributed by atoms with van der Waals surface area (Å²) in [6.45, 7) is 0. The van der Waals surface area contributed by atoms with Gasteiger partial charge < -0.3 is 27.4 Å². The van der Waals surface area contributed by atoms with Crippen LogP contribution in [0.15, 0.2) is 340 Å². The van der Waals surface area contributed by atoms with E-state index in [-0.39, 0.29) is 0 Å². The van der Waals surface area contributed by atoms with Crippen LogP contribution in [0, 0.1) is 0 Å². The first kappa shape index (κ1) is 53.2. The number of hydrogen-bond donors (Lipinski definition) is 0. The van der Waals surface area contributed by atoms with E-state index in [0.717, 1.165) is 56.3 Å². The highest BCUT2D eigenvalue weighted by molar-refractivity contribution is 6.29. The van der Waals surface area contributed by atoms with E-state index in [9.17, 15) is 0 Å². The molecule has 0 saturated heterocycles. The van der Waals surface area contributed by atoms with E-state index in [4.69, 9.17) is 0 Å². The van der Waals surface area contributed by atoms with Crippen molar-refractivity contribution in [2.24, 2.45) is 0 Å². The lowest BCUT2D eigenvalue weighted by Gasteiger charge is -2.15. The molecule has 0 aliphatic heterocycles. The number of nitrogens with zero attached hydrogens (tertiary/aromatic N) is 6. The van der Waals surface area contributed by atoms with Gasteiger partial charge in [0, 0.05) is 98.8 Å². The number of benzene rings is 16. The van der Waals surface area contributed by atoms with E-state index in [1.54, 1.807) is 0 Å². The third-order valence-corrected chi connectivity index (χ3v) is 21.3. The molecule has 0 unspecified atom stereocenters. The van der Waals surface area contributed by atoms with Gasteiger partial charge in [-0.25, -0.2) is 0 Å². The van der Waals surface area contributed by atoms with Crippen molar-refractivity contribution in [3.05, 3.63) is 340 Å². The minimum atomic E-state index is 1.10. The molecular weight excluding hydrogens is 1190 g/mol. The second kappa shape index (κ2) is 20.2. The van der Waals surface area contributed by atoms with E-state index in [1.165, 1.54) is 141 Å². The molecule has 6 heteroatoms. The Morgan fingerprint density at radius 2 is 0.490 bits per heavy atom. The van der Waals surface area contributed by atoms with E-state index in [1.807, 2.05) is 0 Å². The summed E-state index contributed by atoms with van der Waals surface area (Å²) in [6, 6.07) is 126. The summed E-state index contributed by atoms with van der Waals surface area (Å²) in [5.41, 5.74) is 23.1. The summed E-state index contributed by atoms with van der Waals surface area (Å²) in [6.07, 6.45) is 0. The van der Waals surface area contributed by atoms with Crippen molar-refractivity contribution in [3.8, 4) is 45.3 Å². The maximum absolute atomic E-state index is 2.55. The van der Waals surface area contributed by atoms with Crippen molar-refractivity contribution in [2.45, 2.75) is 0 Å². The van der Waals surface area contributed by atoms with Gasteiger partial charge in [-0.15, -0.1) is 0 Å². The van der Waals surface area contributed by atoms with Crippen molar-refractivity contribution >= 4 is 152 Å². The van der Waals surface area contributed by atoms with Crippen molar-refractivity contribution < 1.29 is 0 Å². The van der Waals surface area contributed by atoms with Crippen LogP contribution in [0.1, 0.15) is 0 Å². The molecule has 0 radical (unpaired) electrons. The molecule has 0 saturated carbocycles. The van der Waals surface area contributed by atoms with Gasteiger partial charge in [0.05, 0.1) is 66.2 Å². The standard InChI is InChI=1S/C92H56N6/c1-3-23-62(24-4-1)93-83-39-17-13-35-73(83)78-55-89-79(56-88(78)93)77-50-57-21-7-8-22-58(57)51-87(77)96(89)66-29-19-28-65(53-66)95-82-38-16-11-33-71(82)74-45-42-60(52-86(74)95)59-41-44-68-61(49-59)43-48-85-90(68)76-47-46-75-72-34-12-18-40-84(72)97(63-25-5-2-6-26-63)91(75)92(76)98(85)67-30-20-27-64(54-67)94-80-36-14-9-31-69(80)70-32-10-15-37-81(70)94/h1-56H. The molecule has 0 aliphatic rings. The molecule has 0 aliphatic carbocycles. The maximum atomic E-state index is 2.55. The van der Waals surface area contributed by atoms with Crippen LogP contribution in [0.5, 0.6) is 0 Å².